The van der Waals surface area contributed by atoms with Crippen molar-refractivity contribution in [2.75, 3.05) is 55.4 Å². The average Bonchev–Trinajstić information content (AvgIpc) is 3.59. The van der Waals surface area contributed by atoms with Crippen LogP contribution in [0.15, 0.2) is 24.3 Å². The topological polar surface area (TPSA) is 119 Å². The zero-order chi connectivity index (χ0) is 33.5. The summed E-state index contributed by atoms with van der Waals surface area (Å²) in [4.78, 5) is 14.3. The van der Waals surface area contributed by atoms with Crippen molar-refractivity contribution >= 4 is 54.1 Å². The Morgan fingerprint density at radius 3 is 2.49 bits per heavy atom. The molecule has 0 aliphatic carbocycles. The Morgan fingerprint density at radius 1 is 1.11 bits per heavy atom. The highest BCUT2D eigenvalue weighted by Crippen LogP contribution is 2.35. The van der Waals surface area contributed by atoms with E-state index < -0.39 is 22.4 Å². The van der Waals surface area contributed by atoms with Gasteiger partial charge in [0.1, 0.15) is 22.4 Å². The number of nitrogens with one attached hydrogen (secondary N) is 2. The van der Waals surface area contributed by atoms with Crippen LogP contribution in [0.3, 0.4) is 0 Å². The van der Waals surface area contributed by atoms with Gasteiger partial charge in [0.25, 0.3) is 0 Å². The third-order valence-corrected chi connectivity index (χ3v) is 12.0. The maximum atomic E-state index is 13.1. The van der Waals surface area contributed by atoms with E-state index in [0.29, 0.717) is 47.3 Å². The number of aromatic nitrogens is 3. The lowest BCUT2D eigenvalue weighted by Crippen LogP contribution is -2.46. The predicted octanol–water partition coefficient (Wildman–Crippen LogP) is 5.17. The molecule has 0 amide bonds. The first kappa shape index (κ1) is 33.5. The highest BCUT2D eigenvalue weighted by Gasteiger charge is 2.30. The van der Waals surface area contributed by atoms with Crippen LogP contribution in [0.4, 0.5) is 24.9 Å². The molecule has 10 nitrogen and oxygen atoms in total. The van der Waals surface area contributed by atoms with Gasteiger partial charge in [0.05, 0.1) is 23.3 Å². The van der Waals surface area contributed by atoms with Gasteiger partial charge in [0.15, 0.2) is 9.84 Å². The van der Waals surface area contributed by atoms with Crippen molar-refractivity contribution in [2.45, 2.75) is 64.5 Å². The van der Waals surface area contributed by atoms with E-state index >= 15 is 0 Å². The summed E-state index contributed by atoms with van der Waals surface area (Å²) in [7, 11) is -1.27. The summed E-state index contributed by atoms with van der Waals surface area (Å²) in [5.74, 6) is 1.27. The maximum absolute atomic E-state index is 13.1. The zero-order valence-corrected chi connectivity index (χ0v) is 28.3. The molecule has 0 saturated carbocycles. The van der Waals surface area contributed by atoms with Crippen LogP contribution in [0.25, 0.3) is 21.1 Å². The molecule has 2 aliphatic rings. The number of hydrogen-bond acceptors (Lipinski definition) is 10. The lowest BCUT2D eigenvalue weighted by Gasteiger charge is -2.33. The van der Waals surface area contributed by atoms with Gasteiger partial charge >= 0.3 is 6.18 Å². The summed E-state index contributed by atoms with van der Waals surface area (Å²) in [6.45, 7) is 8.28. The molecule has 15 heteroatoms. The molecule has 1 aromatic carbocycles. The monoisotopic (exact) mass is 688 g/mol. The van der Waals surface area contributed by atoms with Gasteiger partial charge in [0.2, 0.25) is 5.95 Å². The van der Waals surface area contributed by atoms with Gasteiger partial charge < -0.3 is 15.2 Å². The molecule has 5 heterocycles. The number of alkyl halides is 3. The Bertz CT molecular complexity index is 1910. The molecule has 0 bridgehead atoms. The number of nitrogens with zero attached hydrogens (tertiary/aromatic N) is 6. The lowest BCUT2D eigenvalue weighted by molar-refractivity contribution is -0.126. The van der Waals surface area contributed by atoms with Crippen molar-refractivity contribution in [2.24, 2.45) is 0 Å². The van der Waals surface area contributed by atoms with E-state index in [9.17, 15) is 26.9 Å². The normalized spacial score (nSPS) is 18.8. The molecule has 252 valence electrons. The van der Waals surface area contributed by atoms with Crippen LogP contribution >= 0.6 is 11.3 Å². The summed E-state index contributed by atoms with van der Waals surface area (Å²) < 4.78 is 65.0. The van der Waals surface area contributed by atoms with Crippen molar-refractivity contribution in [3.05, 3.63) is 46.0 Å². The first-order valence-corrected chi connectivity index (χ1v) is 18.5. The molecule has 2 N–H and O–H groups in total. The first-order chi connectivity index (χ1) is 22.3. The minimum Gasteiger partial charge on any atom is -0.367 e. The molecular formula is C32H39F3N8O2S2. The van der Waals surface area contributed by atoms with Crippen LogP contribution in [0, 0.1) is 18.3 Å². The van der Waals surface area contributed by atoms with E-state index in [1.807, 2.05) is 6.07 Å². The first-order valence-electron chi connectivity index (χ1n) is 15.8. The van der Waals surface area contributed by atoms with E-state index in [0.717, 1.165) is 60.3 Å². The number of hydrogen-bond donors (Lipinski definition) is 2. The molecule has 2 saturated heterocycles. The van der Waals surface area contributed by atoms with Gasteiger partial charge in [0, 0.05) is 74.2 Å². The van der Waals surface area contributed by atoms with Gasteiger partial charge in [-0.05, 0) is 56.0 Å². The van der Waals surface area contributed by atoms with Gasteiger partial charge in [-0.2, -0.15) is 23.4 Å². The highest BCUT2D eigenvalue weighted by molar-refractivity contribution is 7.91. The molecule has 2 fully saturated rings. The number of anilines is 2. The molecule has 2 aliphatic heterocycles. The molecule has 0 unspecified atom stereocenters. The maximum Gasteiger partial charge on any atom is 0.393 e. The number of nitriles is 1. The van der Waals surface area contributed by atoms with Gasteiger partial charge in [-0.3, -0.25) is 9.80 Å². The number of aryl methyl sites for hydroxylation is 1. The summed E-state index contributed by atoms with van der Waals surface area (Å²) in [5, 5.41) is 18.0. The van der Waals surface area contributed by atoms with E-state index in [-0.39, 0.29) is 28.5 Å². The van der Waals surface area contributed by atoms with Crippen molar-refractivity contribution < 1.29 is 21.6 Å². The van der Waals surface area contributed by atoms with E-state index in [4.69, 9.17) is 0 Å². The van der Waals surface area contributed by atoms with Crippen LogP contribution < -0.4 is 10.6 Å². The quantitative estimate of drug-likeness (QED) is 0.246. The van der Waals surface area contributed by atoms with Crippen LogP contribution in [-0.4, -0.2) is 95.7 Å². The third-order valence-electron chi connectivity index (χ3n) is 9.39. The van der Waals surface area contributed by atoms with E-state index in [1.54, 1.807) is 13.1 Å². The van der Waals surface area contributed by atoms with E-state index in [2.05, 4.69) is 67.0 Å². The Morgan fingerprint density at radius 2 is 1.83 bits per heavy atom. The Kier molecular flexibility index (Phi) is 9.41. The third kappa shape index (κ3) is 7.51. The second-order valence-corrected chi connectivity index (χ2v) is 16.1. The van der Waals surface area contributed by atoms with Crippen molar-refractivity contribution in [3.8, 4) is 6.07 Å². The lowest BCUT2D eigenvalue weighted by atomic mass is 10.0. The number of likely N-dealkylation sites (tertiary alicyclic amines) is 1. The summed E-state index contributed by atoms with van der Waals surface area (Å²) in [5.41, 5.74) is 3.95. The molecule has 0 spiro atoms. The van der Waals surface area contributed by atoms with Crippen LogP contribution in [0.1, 0.15) is 41.5 Å². The Balaban J connectivity index is 1.11. The second-order valence-electron chi connectivity index (χ2n) is 12.6. The number of benzene rings is 1. The minimum atomic E-state index is -4.29. The minimum absolute atomic E-state index is 0.0908. The summed E-state index contributed by atoms with van der Waals surface area (Å²) >= 11 is 1.05. The second kappa shape index (κ2) is 13.2. The molecule has 6 rings (SSSR count). The standard InChI is InChI=1S/C32H39F3N8O2S2/c1-20(42-10-12-47(44,45)13-11-42)18-43-24(17-36)14-26-21(2)22(4-5-28(26)43)19-41-8-6-23(7-9-41)38-29-27-15-25(16-32(33,34)35)46-30(27)40-31(37-3)39-29/h4-5,14-15,20,23H,6-13,16,18-19H2,1-3H3,(H2,37,38,39,40)/t20-/m0/s1. The highest BCUT2D eigenvalue weighted by atomic mass is 32.2. The van der Waals surface area contributed by atoms with Gasteiger partial charge in [-0.15, -0.1) is 11.3 Å². The Labute approximate surface area is 276 Å². The van der Waals surface area contributed by atoms with Crippen LogP contribution in [0.2, 0.25) is 0 Å². The molecule has 1 atom stereocenters. The van der Waals surface area contributed by atoms with E-state index in [1.165, 1.54) is 5.56 Å². The van der Waals surface area contributed by atoms with Crippen molar-refractivity contribution in [1.82, 2.24) is 24.3 Å². The van der Waals surface area contributed by atoms with Crippen LogP contribution in [0.5, 0.6) is 0 Å². The smallest absolute Gasteiger partial charge is 0.367 e. The van der Waals surface area contributed by atoms with Crippen molar-refractivity contribution in [3.63, 3.8) is 0 Å². The Hall–Kier alpha value is -3.45. The summed E-state index contributed by atoms with van der Waals surface area (Å²) in [6, 6.07) is 10.3. The number of halogens is 3. The number of rotatable bonds is 9. The average molecular weight is 689 g/mol. The number of sulfone groups is 1. The molecular weight excluding hydrogens is 650 g/mol. The van der Waals surface area contributed by atoms with Gasteiger partial charge in [-0.25, -0.2) is 13.4 Å². The predicted molar refractivity (Wildman–Crippen MR) is 180 cm³/mol. The fourth-order valence-corrected chi connectivity index (χ4v) is 8.96. The fraction of sp³-hybridized carbons (Fsp3) is 0.531. The fourth-order valence-electron chi connectivity index (χ4n) is 6.68. The van der Waals surface area contributed by atoms with Crippen LogP contribution in [-0.2, 0) is 29.3 Å². The largest absolute Gasteiger partial charge is 0.393 e. The number of fused-ring (bicyclic) bond motifs is 2. The molecule has 47 heavy (non-hydrogen) atoms. The number of thiophene rings is 1. The SMILES string of the molecule is CNc1nc(NC2CCN(Cc3ccc4c(cc(C#N)n4C[C@H](C)N4CCS(=O)(=O)CC4)c3C)CC2)c2cc(CC(F)(F)F)sc2n1. The summed E-state index contributed by atoms with van der Waals surface area (Å²) in [6.07, 6.45) is -3.57. The van der Waals surface area contributed by atoms with Crippen molar-refractivity contribution in [1.29, 1.82) is 5.26 Å². The molecule has 4 aromatic rings. The molecule has 3 aromatic heterocycles. The zero-order valence-electron chi connectivity index (χ0n) is 26.7. The van der Waals surface area contributed by atoms with Gasteiger partial charge in [-0.1, -0.05) is 6.07 Å². The molecule has 0 radical (unpaired) electrons. The number of piperidine rings is 1.